The predicted molar refractivity (Wildman–Crippen MR) is 104 cm³/mol. The molecule has 27 heavy (non-hydrogen) atoms. The van der Waals surface area contributed by atoms with Crippen molar-refractivity contribution in [2.75, 3.05) is 18.4 Å². The Labute approximate surface area is 160 Å². The summed E-state index contributed by atoms with van der Waals surface area (Å²) in [6, 6.07) is 5.77. The van der Waals surface area contributed by atoms with Crippen LogP contribution in [0.25, 0.3) is 0 Å². The van der Waals surface area contributed by atoms with E-state index in [2.05, 4.69) is 10.3 Å². The van der Waals surface area contributed by atoms with Crippen molar-refractivity contribution in [2.45, 2.75) is 45.2 Å². The number of rotatable bonds is 5. The highest BCUT2D eigenvalue weighted by Gasteiger charge is 2.34. The zero-order valence-electron chi connectivity index (χ0n) is 16.0. The Morgan fingerprint density at radius 2 is 2.11 bits per heavy atom. The van der Waals surface area contributed by atoms with E-state index in [-0.39, 0.29) is 23.4 Å². The molecular weight excluding hydrogens is 364 g/mol. The van der Waals surface area contributed by atoms with Crippen molar-refractivity contribution >= 4 is 21.6 Å². The van der Waals surface area contributed by atoms with Crippen molar-refractivity contribution in [1.82, 2.24) is 13.9 Å². The molecule has 8 heteroatoms. The fourth-order valence-corrected chi connectivity index (χ4v) is 4.73. The number of aromatic nitrogens is 2. The molecule has 0 saturated carbocycles. The lowest BCUT2D eigenvalue weighted by atomic mass is 9.98. The third-order valence-corrected chi connectivity index (χ3v) is 6.95. The number of nitrogens with zero attached hydrogens (tertiary/aromatic N) is 3. The summed E-state index contributed by atoms with van der Waals surface area (Å²) >= 11 is 0. The maximum Gasteiger partial charge on any atom is 0.262 e. The zero-order chi connectivity index (χ0) is 19.6. The monoisotopic (exact) mass is 390 g/mol. The highest BCUT2D eigenvalue weighted by molar-refractivity contribution is 7.89. The summed E-state index contributed by atoms with van der Waals surface area (Å²) in [5, 5.41) is 3.01. The van der Waals surface area contributed by atoms with Crippen LogP contribution in [0.1, 0.15) is 30.9 Å². The number of carbonyl (C=O) groups excluding carboxylic acids is 1. The van der Waals surface area contributed by atoms with Crippen LogP contribution in [0, 0.1) is 19.8 Å². The van der Waals surface area contributed by atoms with Crippen molar-refractivity contribution in [2.24, 2.45) is 5.92 Å². The number of sulfonamides is 1. The minimum atomic E-state index is -3.68. The molecule has 0 spiro atoms. The van der Waals surface area contributed by atoms with Crippen LogP contribution in [-0.4, -0.2) is 41.3 Å². The first-order valence-electron chi connectivity index (χ1n) is 9.22. The van der Waals surface area contributed by atoms with E-state index in [4.69, 9.17) is 0 Å². The molecule has 1 saturated heterocycles. The second-order valence-corrected chi connectivity index (χ2v) is 8.87. The fraction of sp³-hybridized carbons (Fsp3) is 0.474. The van der Waals surface area contributed by atoms with Gasteiger partial charge in [-0.1, -0.05) is 12.1 Å². The Hall–Kier alpha value is -2.19. The summed E-state index contributed by atoms with van der Waals surface area (Å²) in [4.78, 5) is 16.8. The third-order valence-electron chi connectivity index (χ3n) is 5.20. The van der Waals surface area contributed by atoms with Crippen LogP contribution in [0.2, 0.25) is 0 Å². The van der Waals surface area contributed by atoms with Crippen LogP contribution in [-0.2, 0) is 21.4 Å². The second kappa shape index (κ2) is 7.82. The lowest BCUT2D eigenvalue weighted by Gasteiger charge is -2.30. The van der Waals surface area contributed by atoms with Gasteiger partial charge < -0.3 is 9.88 Å². The topological polar surface area (TPSA) is 84.3 Å². The lowest BCUT2D eigenvalue weighted by Crippen LogP contribution is -2.43. The maximum atomic E-state index is 12.9. The summed E-state index contributed by atoms with van der Waals surface area (Å²) < 4.78 is 28.8. The average Bonchev–Trinajstić information content (AvgIpc) is 3.15. The van der Waals surface area contributed by atoms with Gasteiger partial charge in [-0.3, -0.25) is 4.79 Å². The van der Waals surface area contributed by atoms with Gasteiger partial charge in [-0.05, 0) is 50.8 Å². The molecule has 2 aromatic rings. The molecule has 0 radical (unpaired) electrons. The van der Waals surface area contributed by atoms with Crippen LogP contribution in [0.5, 0.6) is 0 Å². The molecule has 7 nitrogen and oxygen atoms in total. The van der Waals surface area contributed by atoms with Gasteiger partial charge in [0.2, 0.25) is 5.91 Å². The smallest absolute Gasteiger partial charge is 0.262 e. The minimum Gasteiger partial charge on any atom is -0.336 e. The number of aryl methyl sites for hydroxylation is 2. The number of hydrogen-bond donors (Lipinski definition) is 1. The largest absolute Gasteiger partial charge is 0.336 e. The molecule has 0 bridgehead atoms. The fourth-order valence-electron chi connectivity index (χ4n) is 3.27. The molecule has 0 aliphatic carbocycles. The number of nitrogens with one attached hydrogen (secondary N) is 1. The Bertz CT molecular complexity index is 936. The van der Waals surface area contributed by atoms with Gasteiger partial charge in [0.25, 0.3) is 10.0 Å². The van der Waals surface area contributed by atoms with Crippen LogP contribution in [0.15, 0.2) is 35.7 Å². The number of carbonyl (C=O) groups is 1. The van der Waals surface area contributed by atoms with Crippen LogP contribution in [0.4, 0.5) is 5.69 Å². The van der Waals surface area contributed by atoms with Crippen LogP contribution >= 0.6 is 0 Å². The van der Waals surface area contributed by atoms with Gasteiger partial charge in [0, 0.05) is 31.5 Å². The molecule has 2 heterocycles. The number of amides is 1. The molecule has 146 valence electrons. The summed E-state index contributed by atoms with van der Waals surface area (Å²) in [7, 11) is -3.68. The molecule has 1 aromatic carbocycles. The molecule has 1 aliphatic heterocycles. The van der Waals surface area contributed by atoms with E-state index >= 15 is 0 Å². The van der Waals surface area contributed by atoms with E-state index in [1.165, 1.54) is 16.8 Å². The summed E-state index contributed by atoms with van der Waals surface area (Å²) in [5.74, 6) is -0.510. The van der Waals surface area contributed by atoms with Gasteiger partial charge in [0.15, 0.2) is 5.03 Å². The molecule has 1 amide bonds. The first kappa shape index (κ1) is 19.6. The SMILES string of the molecule is CCn1cnc(S(=O)(=O)N2CCCC(C(=O)Nc3cccc(C)c3C)C2)c1. The van der Waals surface area contributed by atoms with Gasteiger partial charge in [-0.2, -0.15) is 4.31 Å². The van der Waals surface area contributed by atoms with Crippen LogP contribution in [0.3, 0.4) is 0 Å². The van der Waals surface area contributed by atoms with Crippen molar-refractivity contribution in [3.8, 4) is 0 Å². The molecule has 1 N–H and O–H groups in total. The normalized spacial score (nSPS) is 18.4. The quantitative estimate of drug-likeness (QED) is 0.850. The lowest BCUT2D eigenvalue weighted by molar-refractivity contribution is -0.120. The predicted octanol–water partition coefficient (Wildman–Crippen LogP) is 2.56. The highest BCUT2D eigenvalue weighted by atomic mass is 32.2. The molecule has 1 aliphatic rings. The van der Waals surface area contributed by atoms with Gasteiger partial charge in [-0.25, -0.2) is 13.4 Å². The second-order valence-electron chi connectivity index (χ2n) is 6.98. The average molecular weight is 391 g/mol. The van der Waals surface area contributed by atoms with Crippen molar-refractivity contribution in [1.29, 1.82) is 0 Å². The Kier molecular flexibility index (Phi) is 5.67. The third kappa shape index (κ3) is 4.06. The Morgan fingerprint density at radius 1 is 1.33 bits per heavy atom. The van der Waals surface area contributed by atoms with Gasteiger partial charge in [0.05, 0.1) is 12.2 Å². The first-order chi connectivity index (χ1) is 12.8. The molecular formula is C19H26N4O3S. The van der Waals surface area contributed by atoms with Gasteiger partial charge in [0.1, 0.15) is 0 Å². The molecule has 1 unspecified atom stereocenters. The minimum absolute atomic E-state index is 0.0416. The molecule has 1 atom stereocenters. The highest BCUT2D eigenvalue weighted by Crippen LogP contribution is 2.25. The number of benzene rings is 1. The standard InChI is InChI=1S/C19H26N4O3S/c1-4-22-12-18(20-13-22)27(25,26)23-10-6-8-16(11-23)19(24)21-17-9-5-7-14(2)15(17)3/h5,7,9,12-13,16H,4,6,8,10-11H2,1-3H3,(H,21,24). The number of imidazole rings is 1. The molecule has 3 rings (SSSR count). The van der Waals surface area contributed by atoms with Crippen molar-refractivity contribution in [3.63, 3.8) is 0 Å². The van der Waals surface area contributed by atoms with Gasteiger partial charge in [-0.15, -0.1) is 0 Å². The van der Waals surface area contributed by atoms with E-state index in [1.807, 2.05) is 39.0 Å². The van der Waals surface area contributed by atoms with Gasteiger partial charge >= 0.3 is 0 Å². The van der Waals surface area contributed by atoms with Crippen LogP contribution < -0.4 is 5.32 Å². The number of anilines is 1. The number of hydrogen-bond acceptors (Lipinski definition) is 4. The van der Waals surface area contributed by atoms with Crippen molar-refractivity contribution in [3.05, 3.63) is 41.9 Å². The first-order valence-corrected chi connectivity index (χ1v) is 10.7. The van der Waals surface area contributed by atoms with E-state index < -0.39 is 10.0 Å². The van der Waals surface area contributed by atoms with E-state index in [0.29, 0.717) is 25.9 Å². The molecule has 1 aromatic heterocycles. The van der Waals surface area contributed by atoms with Crippen molar-refractivity contribution < 1.29 is 13.2 Å². The molecule has 1 fully saturated rings. The van der Waals surface area contributed by atoms with E-state index in [1.54, 1.807) is 4.57 Å². The van der Waals surface area contributed by atoms with E-state index in [0.717, 1.165) is 16.8 Å². The summed E-state index contributed by atoms with van der Waals surface area (Å²) in [6.07, 6.45) is 4.38. The zero-order valence-corrected chi connectivity index (χ0v) is 16.8. The summed E-state index contributed by atoms with van der Waals surface area (Å²) in [5.41, 5.74) is 2.91. The number of piperidine rings is 1. The summed E-state index contributed by atoms with van der Waals surface area (Å²) in [6.45, 7) is 7.13. The van der Waals surface area contributed by atoms with E-state index in [9.17, 15) is 13.2 Å². The Morgan fingerprint density at radius 3 is 2.81 bits per heavy atom. The maximum absolute atomic E-state index is 12.9. The Balaban J connectivity index is 1.73.